The fourth-order valence-corrected chi connectivity index (χ4v) is 2.74. The molecule has 0 unspecified atom stereocenters. The first kappa shape index (κ1) is 12.7. The summed E-state index contributed by atoms with van der Waals surface area (Å²) in [5, 5.41) is 0. The summed E-state index contributed by atoms with van der Waals surface area (Å²) in [7, 11) is 1.74. The Labute approximate surface area is 106 Å². The van der Waals surface area contributed by atoms with Crippen molar-refractivity contribution in [3.63, 3.8) is 0 Å². The Kier molecular flexibility index (Phi) is 3.64. The molecule has 0 aromatic heterocycles. The number of aryl methyl sites for hydroxylation is 1. The van der Waals surface area contributed by atoms with Crippen molar-refractivity contribution in [2.24, 2.45) is 0 Å². The molecule has 94 valence electrons. The lowest BCUT2D eigenvalue weighted by Gasteiger charge is -2.27. The van der Waals surface area contributed by atoms with Crippen LogP contribution in [0.5, 0.6) is 5.75 Å². The summed E-state index contributed by atoms with van der Waals surface area (Å²) >= 11 is 0. The van der Waals surface area contributed by atoms with Crippen molar-refractivity contribution in [1.82, 2.24) is 0 Å². The summed E-state index contributed by atoms with van der Waals surface area (Å²) in [4.78, 5) is 0. The van der Waals surface area contributed by atoms with E-state index in [-0.39, 0.29) is 11.9 Å². The van der Waals surface area contributed by atoms with E-state index >= 15 is 0 Å². The molecular weight excluding hydrogens is 260 g/mol. The van der Waals surface area contributed by atoms with Crippen LogP contribution in [0.3, 0.4) is 0 Å². The Morgan fingerprint density at radius 3 is 2.65 bits per heavy atom. The molecule has 0 bridgehead atoms. The first-order valence-corrected chi connectivity index (χ1v) is 8.10. The summed E-state index contributed by atoms with van der Waals surface area (Å²) in [5.74, 6) is 0.461. The van der Waals surface area contributed by atoms with Gasteiger partial charge in [-0.3, -0.25) is 0 Å². The maximum absolute atomic E-state index is 11.1. The third-order valence-electron chi connectivity index (χ3n) is 2.89. The molecule has 1 aliphatic carbocycles. The van der Waals surface area contributed by atoms with Crippen molar-refractivity contribution in [2.75, 3.05) is 0 Å². The second-order valence-electron chi connectivity index (χ2n) is 4.47. The van der Waals surface area contributed by atoms with E-state index in [9.17, 15) is 8.42 Å². The number of hydrogen-bond donors (Lipinski definition) is 0. The van der Waals surface area contributed by atoms with E-state index in [0.29, 0.717) is 11.3 Å². The van der Waals surface area contributed by atoms with Gasteiger partial charge in [-0.05, 0) is 32.3 Å². The van der Waals surface area contributed by atoms with Crippen LogP contribution < -0.4 is 4.74 Å². The summed E-state index contributed by atoms with van der Waals surface area (Å²) in [6.07, 6.45) is 3.50. The van der Waals surface area contributed by atoms with Crippen LogP contribution in [0, 0.1) is 6.92 Å². The van der Waals surface area contributed by atoms with Gasteiger partial charge in [0.1, 0.15) is 5.75 Å². The van der Waals surface area contributed by atoms with E-state index in [2.05, 4.69) is 0 Å². The van der Waals surface area contributed by atoms with E-state index < -0.39 is 9.05 Å². The van der Waals surface area contributed by atoms with Crippen LogP contribution in [0.25, 0.3) is 0 Å². The van der Waals surface area contributed by atoms with Gasteiger partial charge in [0.25, 0.3) is 0 Å². The maximum atomic E-state index is 11.1. The molecule has 0 radical (unpaired) electrons. The number of halogens is 1. The second-order valence-corrected chi connectivity index (χ2v) is 7.24. The van der Waals surface area contributed by atoms with Gasteiger partial charge < -0.3 is 4.74 Å². The minimum Gasteiger partial charge on any atom is -0.490 e. The third kappa shape index (κ3) is 3.61. The third-order valence-corrected chi connectivity index (χ3v) is 3.87. The molecular formula is C12H15ClO3S. The molecule has 1 aromatic rings. The predicted molar refractivity (Wildman–Crippen MR) is 67.9 cm³/mol. The average molecular weight is 275 g/mol. The monoisotopic (exact) mass is 274 g/mol. The van der Waals surface area contributed by atoms with Gasteiger partial charge in [-0.1, -0.05) is 17.7 Å². The predicted octanol–water partition coefficient (Wildman–Crippen LogP) is 2.99. The molecule has 0 spiro atoms. The highest BCUT2D eigenvalue weighted by atomic mass is 35.7. The second kappa shape index (κ2) is 4.86. The summed E-state index contributed by atoms with van der Waals surface area (Å²) in [6.45, 7) is 1.91. The Balaban J connectivity index is 2.23. The average Bonchev–Trinajstić information content (AvgIpc) is 2.11. The minimum atomic E-state index is -3.55. The van der Waals surface area contributed by atoms with Crippen LogP contribution in [0.2, 0.25) is 0 Å². The largest absolute Gasteiger partial charge is 0.490 e. The Morgan fingerprint density at radius 2 is 2.12 bits per heavy atom. The highest BCUT2D eigenvalue weighted by Crippen LogP contribution is 2.29. The standard InChI is InChI=1S/C12H15ClO3S/c1-9-5-6-12(16-11-3-2-4-11)10(7-9)8-17(13,14)15/h5-7,11H,2-4,8H2,1H3. The van der Waals surface area contributed by atoms with Crippen LogP contribution >= 0.6 is 10.7 Å². The lowest BCUT2D eigenvalue weighted by Crippen LogP contribution is -2.25. The van der Waals surface area contributed by atoms with Crippen LogP contribution in [-0.2, 0) is 14.8 Å². The molecule has 0 saturated heterocycles. The Morgan fingerprint density at radius 1 is 1.41 bits per heavy atom. The molecule has 0 atom stereocenters. The molecule has 1 aliphatic rings. The molecule has 2 rings (SSSR count). The van der Waals surface area contributed by atoms with Crippen LogP contribution in [0.1, 0.15) is 30.4 Å². The number of ether oxygens (including phenoxy) is 1. The van der Waals surface area contributed by atoms with Crippen molar-refractivity contribution < 1.29 is 13.2 Å². The zero-order valence-corrected chi connectivity index (χ0v) is 11.2. The normalized spacial score (nSPS) is 16.6. The van der Waals surface area contributed by atoms with Crippen LogP contribution in [-0.4, -0.2) is 14.5 Å². The van der Waals surface area contributed by atoms with Crippen LogP contribution in [0.15, 0.2) is 18.2 Å². The SMILES string of the molecule is Cc1ccc(OC2CCC2)c(CS(=O)(=O)Cl)c1. The van der Waals surface area contributed by atoms with Gasteiger partial charge in [0.05, 0.1) is 11.9 Å². The van der Waals surface area contributed by atoms with Gasteiger partial charge in [-0.2, -0.15) is 0 Å². The van der Waals surface area contributed by atoms with Crippen molar-refractivity contribution in [1.29, 1.82) is 0 Å². The van der Waals surface area contributed by atoms with Gasteiger partial charge in [-0.15, -0.1) is 0 Å². The molecule has 0 aliphatic heterocycles. The lowest BCUT2D eigenvalue weighted by atomic mass is 9.96. The zero-order chi connectivity index (χ0) is 12.5. The van der Waals surface area contributed by atoms with Gasteiger partial charge in [0, 0.05) is 16.2 Å². The van der Waals surface area contributed by atoms with Crippen molar-refractivity contribution in [3.8, 4) is 5.75 Å². The number of rotatable bonds is 4. The molecule has 1 aromatic carbocycles. The fraction of sp³-hybridized carbons (Fsp3) is 0.500. The van der Waals surface area contributed by atoms with E-state index in [1.54, 1.807) is 0 Å². The van der Waals surface area contributed by atoms with Crippen molar-refractivity contribution in [3.05, 3.63) is 29.3 Å². The minimum absolute atomic E-state index is 0.182. The molecule has 1 saturated carbocycles. The quantitative estimate of drug-likeness (QED) is 0.793. The summed E-state index contributed by atoms with van der Waals surface area (Å²) in [6, 6.07) is 5.55. The maximum Gasteiger partial charge on any atom is 0.236 e. The van der Waals surface area contributed by atoms with Crippen molar-refractivity contribution in [2.45, 2.75) is 38.0 Å². The lowest BCUT2D eigenvalue weighted by molar-refractivity contribution is 0.119. The van der Waals surface area contributed by atoms with Gasteiger partial charge in [0.15, 0.2) is 0 Å². The summed E-state index contributed by atoms with van der Waals surface area (Å²) < 4.78 is 28.0. The summed E-state index contributed by atoms with van der Waals surface area (Å²) in [5.41, 5.74) is 1.65. The van der Waals surface area contributed by atoms with Gasteiger partial charge in [-0.25, -0.2) is 8.42 Å². The number of hydrogen-bond acceptors (Lipinski definition) is 3. The topological polar surface area (TPSA) is 43.4 Å². The molecule has 3 nitrogen and oxygen atoms in total. The van der Waals surface area contributed by atoms with Gasteiger partial charge >= 0.3 is 0 Å². The van der Waals surface area contributed by atoms with E-state index in [4.69, 9.17) is 15.4 Å². The molecule has 5 heteroatoms. The van der Waals surface area contributed by atoms with Crippen molar-refractivity contribution >= 4 is 19.7 Å². The van der Waals surface area contributed by atoms with Gasteiger partial charge in [0.2, 0.25) is 9.05 Å². The Bertz CT molecular complexity index is 506. The zero-order valence-electron chi connectivity index (χ0n) is 9.65. The first-order valence-electron chi connectivity index (χ1n) is 5.62. The fourth-order valence-electron chi connectivity index (χ4n) is 1.79. The molecule has 0 amide bonds. The van der Waals surface area contributed by atoms with E-state index in [0.717, 1.165) is 18.4 Å². The smallest absolute Gasteiger partial charge is 0.236 e. The van der Waals surface area contributed by atoms with E-state index in [1.807, 2.05) is 25.1 Å². The van der Waals surface area contributed by atoms with E-state index in [1.165, 1.54) is 6.42 Å². The molecule has 1 fully saturated rings. The van der Waals surface area contributed by atoms with Crippen LogP contribution in [0.4, 0.5) is 0 Å². The highest BCUT2D eigenvalue weighted by molar-refractivity contribution is 8.13. The Hall–Kier alpha value is -0.740. The molecule has 0 heterocycles. The number of benzene rings is 1. The molecule has 17 heavy (non-hydrogen) atoms. The first-order chi connectivity index (χ1) is 7.94. The highest BCUT2D eigenvalue weighted by Gasteiger charge is 2.21. The molecule has 0 N–H and O–H groups in total.